The smallest absolute Gasteiger partial charge is 0.0693 e. The molecule has 1 aliphatic heterocycles. The Kier molecular flexibility index (Phi) is 4.00. The lowest BCUT2D eigenvalue weighted by atomic mass is 10.0. The minimum absolute atomic E-state index is 0.113. The van der Waals surface area contributed by atoms with Crippen molar-refractivity contribution < 1.29 is 5.11 Å². The molecule has 1 aliphatic carbocycles. The molecule has 0 aromatic heterocycles. The molecule has 2 fully saturated rings. The Labute approximate surface area is 92.8 Å². The molecule has 1 saturated heterocycles. The SMILES string of the molecule is CN1CCC(NC2CCCCCC2O)C1. The minimum Gasteiger partial charge on any atom is -0.392 e. The van der Waals surface area contributed by atoms with Crippen LogP contribution < -0.4 is 5.32 Å². The van der Waals surface area contributed by atoms with Gasteiger partial charge in [0.05, 0.1) is 6.10 Å². The van der Waals surface area contributed by atoms with Crippen molar-refractivity contribution >= 4 is 0 Å². The van der Waals surface area contributed by atoms with Gasteiger partial charge in [-0.05, 0) is 32.9 Å². The maximum absolute atomic E-state index is 10.00. The van der Waals surface area contributed by atoms with Crippen molar-refractivity contribution in [3.05, 3.63) is 0 Å². The zero-order valence-electron chi connectivity index (χ0n) is 9.78. The van der Waals surface area contributed by atoms with Gasteiger partial charge in [-0.15, -0.1) is 0 Å². The first-order valence-electron chi connectivity index (χ1n) is 6.38. The standard InChI is InChI=1S/C12H24N2O/c1-14-8-7-10(9-14)13-11-5-3-2-4-6-12(11)15/h10-13,15H,2-9H2,1H3. The Morgan fingerprint density at radius 2 is 1.93 bits per heavy atom. The van der Waals surface area contributed by atoms with Gasteiger partial charge in [0.2, 0.25) is 0 Å². The Morgan fingerprint density at radius 1 is 1.13 bits per heavy atom. The van der Waals surface area contributed by atoms with E-state index >= 15 is 0 Å². The van der Waals surface area contributed by atoms with Gasteiger partial charge in [0.1, 0.15) is 0 Å². The summed E-state index contributed by atoms with van der Waals surface area (Å²) in [5.74, 6) is 0. The number of likely N-dealkylation sites (N-methyl/N-ethyl adjacent to an activating group) is 1. The van der Waals surface area contributed by atoms with E-state index in [9.17, 15) is 5.11 Å². The van der Waals surface area contributed by atoms with E-state index < -0.39 is 0 Å². The zero-order chi connectivity index (χ0) is 10.7. The summed E-state index contributed by atoms with van der Waals surface area (Å²) < 4.78 is 0. The highest BCUT2D eigenvalue weighted by Crippen LogP contribution is 2.19. The molecule has 2 aliphatic rings. The molecular formula is C12H24N2O. The fourth-order valence-electron chi connectivity index (χ4n) is 2.86. The van der Waals surface area contributed by atoms with E-state index in [1.807, 2.05) is 0 Å². The van der Waals surface area contributed by atoms with Crippen LogP contribution in [0.5, 0.6) is 0 Å². The highest BCUT2D eigenvalue weighted by molar-refractivity contribution is 4.86. The summed E-state index contributed by atoms with van der Waals surface area (Å²) in [6.45, 7) is 2.34. The molecule has 0 radical (unpaired) electrons. The highest BCUT2D eigenvalue weighted by Gasteiger charge is 2.26. The number of aliphatic hydroxyl groups is 1. The summed E-state index contributed by atoms with van der Waals surface area (Å²) in [5, 5.41) is 13.6. The maximum atomic E-state index is 10.00. The first kappa shape index (κ1) is 11.4. The van der Waals surface area contributed by atoms with Crippen LogP contribution in [-0.2, 0) is 0 Å². The number of likely N-dealkylation sites (tertiary alicyclic amines) is 1. The third-order valence-electron chi connectivity index (χ3n) is 3.82. The Balaban J connectivity index is 1.81. The normalized spacial score (nSPS) is 39.2. The largest absolute Gasteiger partial charge is 0.392 e. The van der Waals surface area contributed by atoms with Crippen molar-refractivity contribution in [1.29, 1.82) is 0 Å². The predicted molar refractivity (Wildman–Crippen MR) is 61.9 cm³/mol. The van der Waals surface area contributed by atoms with Crippen LogP contribution in [0.25, 0.3) is 0 Å². The summed E-state index contributed by atoms with van der Waals surface area (Å²) in [6, 6.07) is 0.955. The second-order valence-corrected chi connectivity index (χ2v) is 5.23. The van der Waals surface area contributed by atoms with E-state index in [0.29, 0.717) is 12.1 Å². The lowest BCUT2D eigenvalue weighted by Gasteiger charge is -2.25. The van der Waals surface area contributed by atoms with Gasteiger partial charge in [-0.3, -0.25) is 0 Å². The van der Waals surface area contributed by atoms with Crippen molar-refractivity contribution in [2.45, 2.75) is 56.7 Å². The van der Waals surface area contributed by atoms with Gasteiger partial charge in [0.15, 0.2) is 0 Å². The molecule has 88 valence electrons. The van der Waals surface area contributed by atoms with E-state index in [1.165, 1.54) is 32.2 Å². The summed E-state index contributed by atoms with van der Waals surface area (Å²) in [4.78, 5) is 2.36. The maximum Gasteiger partial charge on any atom is 0.0693 e. The predicted octanol–water partition coefficient (Wildman–Crippen LogP) is 0.974. The number of hydrogen-bond donors (Lipinski definition) is 2. The van der Waals surface area contributed by atoms with Crippen LogP contribution in [0.2, 0.25) is 0 Å². The Morgan fingerprint density at radius 3 is 2.67 bits per heavy atom. The van der Waals surface area contributed by atoms with Gasteiger partial charge < -0.3 is 15.3 Å². The number of nitrogens with zero attached hydrogens (tertiary/aromatic N) is 1. The molecule has 15 heavy (non-hydrogen) atoms. The van der Waals surface area contributed by atoms with Crippen LogP contribution >= 0.6 is 0 Å². The fraction of sp³-hybridized carbons (Fsp3) is 1.00. The number of rotatable bonds is 2. The molecule has 2 N–H and O–H groups in total. The van der Waals surface area contributed by atoms with Gasteiger partial charge in [0, 0.05) is 18.6 Å². The minimum atomic E-state index is -0.113. The second-order valence-electron chi connectivity index (χ2n) is 5.23. The lowest BCUT2D eigenvalue weighted by molar-refractivity contribution is 0.114. The quantitative estimate of drug-likeness (QED) is 0.670. The van der Waals surface area contributed by atoms with Crippen molar-refractivity contribution in [1.82, 2.24) is 10.2 Å². The molecule has 0 aromatic rings. The van der Waals surface area contributed by atoms with Gasteiger partial charge in [-0.25, -0.2) is 0 Å². The van der Waals surface area contributed by atoms with Crippen molar-refractivity contribution in [3.63, 3.8) is 0 Å². The fourth-order valence-corrected chi connectivity index (χ4v) is 2.86. The molecule has 1 heterocycles. The van der Waals surface area contributed by atoms with E-state index in [4.69, 9.17) is 0 Å². The number of nitrogens with one attached hydrogen (secondary N) is 1. The first-order chi connectivity index (χ1) is 7.25. The zero-order valence-corrected chi connectivity index (χ0v) is 9.78. The van der Waals surface area contributed by atoms with Gasteiger partial charge >= 0.3 is 0 Å². The molecule has 3 heteroatoms. The average Bonchev–Trinajstić information content (AvgIpc) is 2.50. The molecule has 3 atom stereocenters. The van der Waals surface area contributed by atoms with Crippen molar-refractivity contribution in [2.75, 3.05) is 20.1 Å². The molecule has 1 saturated carbocycles. The lowest BCUT2D eigenvalue weighted by Crippen LogP contribution is -2.45. The van der Waals surface area contributed by atoms with Crippen molar-refractivity contribution in [3.8, 4) is 0 Å². The van der Waals surface area contributed by atoms with Crippen molar-refractivity contribution in [2.24, 2.45) is 0 Å². The van der Waals surface area contributed by atoms with E-state index in [-0.39, 0.29) is 6.10 Å². The molecule has 2 rings (SSSR count). The third-order valence-corrected chi connectivity index (χ3v) is 3.82. The molecule has 0 aromatic carbocycles. The van der Waals surface area contributed by atoms with Crippen LogP contribution in [0.15, 0.2) is 0 Å². The van der Waals surface area contributed by atoms with Gasteiger partial charge in [0.25, 0.3) is 0 Å². The number of aliphatic hydroxyl groups excluding tert-OH is 1. The van der Waals surface area contributed by atoms with Gasteiger partial charge in [-0.1, -0.05) is 19.3 Å². The Hall–Kier alpha value is -0.120. The Bertz CT molecular complexity index is 198. The molecular weight excluding hydrogens is 188 g/mol. The molecule has 0 amide bonds. The summed E-state index contributed by atoms with van der Waals surface area (Å²) in [6.07, 6.45) is 7.03. The molecule has 3 unspecified atom stereocenters. The first-order valence-corrected chi connectivity index (χ1v) is 6.38. The molecule has 0 spiro atoms. The summed E-state index contributed by atoms with van der Waals surface area (Å²) in [7, 11) is 2.17. The van der Waals surface area contributed by atoms with Crippen LogP contribution in [0.4, 0.5) is 0 Å². The van der Waals surface area contributed by atoms with E-state index in [1.54, 1.807) is 0 Å². The highest BCUT2D eigenvalue weighted by atomic mass is 16.3. The van der Waals surface area contributed by atoms with Crippen LogP contribution in [0, 0.1) is 0 Å². The monoisotopic (exact) mass is 212 g/mol. The van der Waals surface area contributed by atoms with Gasteiger partial charge in [-0.2, -0.15) is 0 Å². The number of hydrogen-bond acceptors (Lipinski definition) is 3. The third kappa shape index (κ3) is 3.16. The van der Waals surface area contributed by atoms with Crippen LogP contribution in [0.1, 0.15) is 38.5 Å². The molecule has 3 nitrogen and oxygen atoms in total. The van der Waals surface area contributed by atoms with E-state index in [0.717, 1.165) is 19.4 Å². The summed E-state index contributed by atoms with van der Waals surface area (Å²) >= 11 is 0. The molecule has 0 bridgehead atoms. The second kappa shape index (κ2) is 5.28. The van der Waals surface area contributed by atoms with E-state index in [2.05, 4.69) is 17.3 Å². The van der Waals surface area contributed by atoms with Crippen LogP contribution in [0.3, 0.4) is 0 Å². The van der Waals surface area contributed by atoms with Crippen LogP contribution in [-0.4, -0.2) is 48.3 Å². The average molecular weight is 212 g/mol. The summed E-state index contributed by atoms with van der Waals surface area (Å²) in [5.41, 5.74) is 0. The topological polar surface area (TPSA) is 35.5 Å².